The number of hydrogen-bond acceptors (Lipinski definition) is 3. The maximum Gasteiger partial charge on any atom is 0.329 e. The van der Waals surface area contributed by atoms with Crippen LogP contribution < -0.4 is 5.32 Å². The number of carbonyl (C=O) groups is 2. The standard InChI is InChI=1S/C17H25NO3/c1-4-5-11-15(19)18-16(13(2)3)17(20)21-12-14-9-7-6-8-10-14/h6-10,13,16H,4-5,11-12H2,1-3H3,(H,18,19)/t16-/m0/s1. The monoisotopic (exact) mass is 291 g/mol. The highest BCUT2D eigenvalue weighted by molar-refractivity contribution is 5.84. The molecule has 0 unspecified atom stereocenters. The summed E-state index contributed by atoms with van der Waals surface area (Å²) in [6.07, 6.45) is 2.24. The average molecular weight is 291 g/mol. The van der Waals surface area contributed by atoms with Crippen LogP contribution in [0.25, 0.3) is 0 Å². The lowest BCUT2D eigenvalue weighted by Gasteiger charge is -2.21. The van der Waals surface area contributed by atoms with E-state index in [2.05, 4.69) is 5.32 Å². The lowest BCUT2D eigenvalue weighted by atomic mass is 10.0. The summed E-state index contributed by atoms with van der Waals surface area (Å²) in [7, 11) is 0. The number of esters is 1. The first-order valence-corrected chi connectivity index (χ1v) is 7.54. The number of amides is 1. The molecular weight excluding hydrogens is 266 g/mol. The van der Waals surface area contributed by atoms with Gasteiger partial charge in [0.2, 0.25) is 5.91 Å². The molecule has 4 heteroatoms. The fourth-order valence-electron chi connectivity index (χ4n) is 1.90. The molecule has 0 fully saturated rings. The Morgan fingerprint density at radius 1 is 1.19 bits per heavy atom. The molecule has 0 saturated carbocycles. The molecule has 0 aliphatic carbocycles. The van der Waals surface area contributed by atoms with Gasteiger partial charge in [-0.25, -0.2) is 4.79 Å². The summed E-state index contributed by atoms with van der Waals surface area (Å²) in [6.45, 7) is 6.05. The van der Waals surface area contributed by atoms with E-state index >= 15 is 0 Å². The van der Waals surface area contributed by atoms with Crippen molar-refractivity contribution in [3.63, 3.8) is 0 Å². The van der Waals surface area contributed by atoms with Crippen LogP contribution in [-0.4, -0.2) is 17.9 Å². The molecule has 1 atom stereocenters. The van der Waals surface area contributed by atoms with Crippen LogP contribution in [0.15, 0.2) is 30.3 Å². The van der Waals surface area contributed by atoms with Crippen LogP contribution in [0.5, 0.6) is 0 Å². The molecule has 1 N–H and O–H groups in total. The van der Waals surface area contributed by atoms with E-state index in [-0.39, 0.29) is 24.4 Å². The number of benzene rings is 1. The highest BCUT2D eigenvalue weighted by Gasteiger charge is 2.25. The molecule has 0 spiro atoms. The third-order valence-corrected chi connectivity index (χ3v) is 3.22. The van der Waals surface area contributed by atoms with Crippen LogP contribution in [0.2, 0.25) is 0 Å². The predicted molar refractivity (Wildman–Crippen MR) is 82.5 cm³/mol. The summed E-state index contributed by atoms with van der Waals surface area (Å²) < 4.78 is 5.30. The third kappa shape index (κ3) is 6.43. The zero-order valence-corrected chi connectivity index (χ0v) is 13.1. The minimum Gasteiger partial charge on any atom is -0.459 e. The molecule has 0 bridgehead atoms. The Kier molecular flexibility index (Phi) is 7.51. The van der Waals surface area contributed by atoms with Gasteiger partial charge in [0.05, 0.1) is 0 Å². The van der Waals surface area contributed by atoms with Crippen LogP contribution >= 0.6 is 0 Å². The van der Waals surface area contributed by atoms with Crippen molar-refractivity contribution in [2.24, 2.45) is 5.92 Å². The molecule has 116 valence electrons. The largest absolute Gasteiger partial charge is 0.459 e. The Balaban J connectivity index is 2.51. The number of nitrogens with one attached hydrogen (secondary N) is 1. The van der Waals surface area contributed by atoms with E-state index in [1.807, 2.05) is 51.1 Å². The smallest absolute Gasteiger partial charge is 0.329 e. The van der Waals surface area contributed by atoms with Crippen molar-refractivity contribution in [1.82, 2.24) is 5.32 Å². The molecule has 1 rings (SSSR count). The minimum atomic E-state index is -0.585. The molecular formula is C17H25NO3. The van der Waals surface area contributed by atoms with Gasteiger partial charge in [-0.1, -0.05) is 57.5 Å². The van der Waals surface area contributed by atoms with Gasteiger partial charge in [-0.3, -0.25) is 4.79 Å². The highest BCUT2D eigenvalue weighted by atomic mass is 16.5. The van der Waals surface area contributed by atoms with Crippen molar-refractivity contribution in [1.29, 1.82) is 0 Å². The van der Waals surface area contributed by atoms with Gasteiger partial charge in [0.25, 0.3) is 0 Å². The molecule has 1 amide bonds. The van der Waals surface area contributed by atoms with Crippen molar-refractivity contribution in [3.05, 3.63) is 35.9 Å². The molecule has 1 aromatic rings. The highest BCUT2D eigenvalue weighted by Crippen LogP contribution is 2.08. The van der Waals surface area contributed by atoms with E-state index < -0.39 is 6.04 Å². The quantitative estimate of drug-likeness (QED) is 0.749. The first-order chi connectivity index (χ1) is 10.0. The zero-order chi connectivity index (χ0) is 15.7. The van der Waals surface area contributed by atoms with Crippen molar-refractivity contribution in [2.75, 3.05) is 0 Å². The molecule has 0 aromatic heterocycles. The second-order valence-corrected chi connectivity index (χ2v) is 5.49. The number of ether oxygens (including phenoxy) is 1. The fraction of sp³-hybridized carbons (Fsp3) is 0.529. The van der Waals surface area contributed by atoms with E-state index in [4.69, 9.17) is 4.74 Å². The Hall–Kier alpha value is -1.84. The average Bonchev–Trinajstić information content (AvgIpc) is 2.49. The van der Waals surface area contributed by atoms with Crippen LogP contribution in [0.4, 0.5) is 0 Å². The van der Waals surface area contributed by atoms with Crippen molar-refractivity contribution in [2.45, 2.75) is 52.7 Å². The van der Waals surface area contributed by atoms with Gasteiger partial charge in [-0.2, -0.15) is 0 Å². The maximum atomic E-state index is 12.1. The first kappa shape index (κ1) is 17.2. The van der Waals surface area contributed by atoms with Crippen LogP contribution in [0.1, 0.15) is 45.6 Å². The second kappa shape index (κ2) is 9.16. The lowest BCUT2D eigenvalue weighted by molar-refractivity contribution is -0.150. The predicted octanol–water partition coefficient (Wildman–Crippen LogP) is 3.06. The molecule has 21 heavy (non-hydrogen) atoms. The van der Waals surface area contributed by atoms with Crippen molar-refractivity contribution < 1.29 is 14.3 Å². The Labute approximate surface area is 126 Å². The molecule has 4 nitrogen and oxygen atoms in total. The summed E-state index contributed by atoms with van der Waals surface area (Å²) in [4.78, 5) is 23.9. The molecule has 0 aliphatic heterocycles. The van der Waals surface area contributed by atoms with Gasteiger partial charge in [0.15, 0.2) is 0 Å². The van der Waals surface area contributed by atoms with Crippen LogP contribution in [0.3, 0.4) is 0 Å². The van der Waals surface area contributed by atoms with E-state index in [0.29, 0.717) is 6.42 Å². The Morgan fingerprint density at radius 3 is 2.43 bits per heavy atom. The number of unbranched alkanes of at least 4 members (excludes halogenated alkanes) is 1. The van der Waals surface area contributed by atoms with Crippen LogP contribution in [0, 0.1) is 5.92 Å². The normalized spacial score (nSPS) is 12.0. The first-order valence-electron chi connectivity index (χ1n) is 7.54. The topological polar surface area (TPSA) is 55.4 Å². The minimum absolute atomic E-state index is 0.00106. The summed E-state index contributed by atoms with van der Waals surface area (Å²) in [6, 6.07) is 8.93. The molecule has 0 heterocycles. The lowest BCUT2D eigenvalue weighted by Crippen LogP contribution is -2.45. The molecule has 0 aliphatic rings. The fourth-order valence-corrected chi connectivity index (χ4v) is 1.90. The molecule has 0 saturated heterocycles. The second-order valence-electron chi connectivity index (χ2n) is 5.49. The third-order valence-electron chi connectivity index (χ3n) is 3.22. The zero-order valence-electron chi connectivity index (χ0n) is 13.1. The van der Waals surface area contributed by atoms with Gasteiger partial charge in [0, 0.05) is 6.42 Å². The van der Waals surface area contributed by atoms with Gasteiger partial charge in [0.1, 0.15) is 12.6 Å². The summed E-state index contributed by atoms with van der Waals surface area (Å²) in [5.74, 6) is -0.468. The Bertz CT molecular complexity index is 443. The summed E-state index contributed by atoms with van der Waals surface area (Å²) in [5.41, 5.74) is 0.936. The van der Waals surface area contributed by atoms with Gasteiger partial charge in [-0.15, -0.1) is 0 Å². The number of carbonyl (C=O) groups excluding carboxylic acids is 2. The summed E-state index contributed by atoms with van der Waals surface area (Å²) in [5, 5.41) is 2.77. The van der Waals surface area contributed by atoms with Crippen molar-refractivity contribution in [3.8, 4) is 0 Å². The van der Waals surface area contributed by atoms with E-state index in [1.54, 1.807) is 0 Å². The van der Waals surface area contributed by atoms with Gasteiger partial charge >= 0.3 is 5.97 Å². The van der Waals surface area contributed by atoms with Crippen molar-refractivity contribution >= 4 is 11.9 Å². The van der Waals surface area contributed by atoms with Crippen LogP contribution in [-0.2, 0) is 20.9 Å². The number of hydrogen-bond donors (Lipinski definition) is 1. The maximum absolute atomic E-state index is 12.1. The molecule has 1 aromatic carbocycles. The van der Waals surface area contributed by atoms with Gasteiger partial charge < -0.3 is 10.1 Å². The number of rotatable bonds is 8. The Morgan fingerprint density at radius 2 is 1.86 bits per heavy atom. The van der Waals surface area contributed by atoms with Gasteiger partial charge in [-0.05, 0) is 17.9 Å². The van der Waals surface area contributed by atoms with E-state index in [1.165, 1.54) is 0 Å². The molecule has 0 radical (unpaired) electrons. The SMILES string of the molecule is CCCCC(=O)N[C@H](C(=O)OCc1ccccc1)C(C)C. The summed E-state index contributed by atoms with van der Waals surface area (Å²) >= 11 is 0. The van der Waals surface area contributed by atoms with E-state index in [9.17, 15) is 9.59 Å². The van der Waals surface area contributed by atoms with E-state index in [0.717, 1.165) is 18.4 Å².